The summed E-state index contributed by atoms with van der Waals surface area (Å²) in [5.41, 5.74) is -1.07. The maximum Gasteiger partial charge on any atom is 0.415 e. The molecule has 2 unspecified atom stereocenters. The molecule has 0 amide bonds. The summed E-state index contributed by atoms with van der Waals surface area (Å²) < 4.78 is 66.0. The van der Waals surface area contributed by atoms with E-state index in [0.717, 1.165) is 6.21 Å². The van der Waals surface area contributed by atoms with Gasteiger partial charge in [-0.2, -0.15) is 13.2 Å². The summed E-state index contributed by atoms with van der Waals surface area (Å²) in [5.74, 6) is 0. The van der Waals surface area contributed by atoms with Crippen molar-refractivity contribution in [3.8, 4) is 0 Å². The van der Waals surface area contributed by atoms with Crippen LogP contribution in [0.4, 0.5) is 13.2 Å². The van der Waals surface area contributed by atoms with Crippen molar-refractivity contribution in [2.75, 3.05) is 0 Å². The molecule has 0 bridgehead atoms. The zero-order chi connectivity index (χ0) is 13.6. The van der Waals surface area contributed by atoms with Gasteiger partial charge in [0.25, 0.3) is 0 Å². The zero-order valence-corrected chi connectivity index (χ0v) is 9.91. The average molecular weight is 284 g/mol. The third-order valence-electron chi connectivity index (χ3n) is 2.58. The Morgan fingerprint density at radius 1 is 1.39 bits per heavy atom. The predicted octanol–water partition coefficient (Wildman–Crippen LogP) is 0.722. The highest BCUT2D eigenvalue weighted by molar-refractivity contribution is 7.89. The largest absolute Gasteiger partial charge is 0.415 e. The van der Waals surface area contributed by atoms with Crippen LogP contribution >= 0.6 is 0 Å². The highest BCUT2D eigenvalue weighted by Gasteiger charge is 2.48. The quantitative estimate of drug-likeness (QED) is 0.829. The Hall–Kier alpha value is -0.930. The Balaban J connectivity index is 2.33. The Bertz CT molecular complexity index is 494. The van der Waals surface area contributed by atoms with Gasteiger partial charge in [-0.1, -0.05) is 0 Å². The number of aliphatic imine (C=N–C) groups is 1. The monoisotopic (exact) mass is 284 g/mol. The lowest BCUT2D eigenvalue weighted by Gasteiger charge is -2.28. The van der Waals surface area contributed by atoms with Gasteiger partial charge in [-0.15, -0.1) is 0 Å². The van der Waals surface area contributed by atoms with Crippen LogP contribution in [0.25, 0.3) is 0 Å². The number of hydrogen-bond acceptors (Lipinski definition) is 4. The maximum absolute atomic E-state index is 12.8. The van der Waals surface area contributed by atoms with E-state index in [1.54, 1.807) is 0 Å². The summed E-state index contributed by atoms with van der Waals surface area (Å²) in [7, 11) is -4.25. The van der Waals surface area contributed by atoms with Crippen molar-refractivity contribution in [2.24, 2.45) is 10.1 Å². The molecule has 0 aromatic heterocycles. The van der Waals surface area contributed by atoms with Crippen LogP contribution in [0.5, 0.6) is 0 Å². The van der Waals surface area contributed by atoms with Crippen molar-refractivity contribution in [1.29, 1.82) is 0 Å². The maximum atomic E-state index is 12.8. The molecule has 102 valence electrons. The van der Waals surface area contributed by atoms with Crippen LogP contribution < -0.4 is 5.14 Å². The average Bonchev–Trinajstić information content (AvgIpc) is 2.98. The standard InChI is InChI=1S/C9H11F3N2O3S/c10-9(11,12)6-3-4-14-8(18(13,15)16)7(6)17-5-1-2-5/h3-5,7-8H,1-2H2,(H2,13,15,16). The molecule has 9 heteroatoms. The van der Waals surface area contributed by atoms with E-state index in [2.05, 4.69) is 4.99 Å². The number of sulfonamides is 1. The van der Waals surface area contributed by atoms with Crippen LogP contribution in [0.3, 0.4) is 0 Å². The molecule has 0 spiro atoms. The van der Waals surface area contributed by atoms with Gasteiger partial charge in [0.2, 0.25) is 10.0 Å². The molecule has 1 fully saturated rings. The van der Waals surface area contributed by atoms with Crippen molar-refractivity contribution in [2.45, 2.75) is 36.6 Å². The topological polar surface area (TPSA) is 81.8 Å². The number of hydrogen-bond donors (Lipinski definition) is 1. The summed E-state index contributed by atoms with van der Waals surface area (Å²) in [6, 6.07) is 0. The first-order valence-electron chi connectivity index (χ1n) is 5.17. The fourth-order valence-corrected chi connectivity index (χ4v) is 2.39. The molecule has 0 radical (unpaired) electrons. The molecule has 0 aromatic rings. The molecular formula is C9H11F3N2O3S. The molecule has 1 heterocycles. The van der Waals surface area contributed by atoms with Crippen LogP contribution in [-0.4, -0.2) is 38.4 Å². The van der Waals surface area contributed by atoms with Crippen LogP contribution in [0.1, 0.15) is 12.8 Å². The minimum Gasteiger partial charge on any atom is -0.367 e. The minimum atomic E-state index is -4.67. The number of ether oxygens (including phenoxy) is 1. The van der Waals surface area contributed by atoms with Crippen LogP contribution in [0.2, 0.25) is 0 Å². The lowest BCUT2D eigenvalue weighted by Crippen LogP contribution is -2.45. The van der Waals surface area contributed by atoms with Gasteiger partial charge in [0, 0.05) is 6.21 Å². The van der Waals surface area contributed by atoms with E-state index in [1.807, 2.05) is 0 Å². The lowest BCUT2D eigenvalue weighted by molar-refractivity contribution is -0.112. The van der Waals surface area contributed by atoms with E-state index in [1.165, 1.54) is 0 Å². The van der Waals surface area contributed by atoms with E-state index in [0.29, 0.717) is 18.9 Å². The first kappa shape index (κ1) is 13.5. The molecule has 2 rings (SSSR count). The van der Waals surface area contributed by atoms with Gasteiger partial charge in [-0.3, -0.25) is 4.99 Å². The first-order valence-corrected chi connectivity index (χ1v) is 6.78. The fourth-order valence-electron chi connectivity index (χ4n) is 1.60. The highest BCUT2D eigenvalue weighted by Crippen LogP contribution is 2.37. The number of alkyl halides is 3. The van der Waals surface area contributed by atoms with Gasteiger partial charge in [-0.25, -0.2) is 13.6 Å². The van der Waals surface area contributed by atoms with Gasteiger partial charge in [-0.05, 0) is 18.9 Å². The van der Waals surface area contributed by atoms with E-state index in [4.69, 9.17) is 9.88 Å². The second-order valence-electron chi connectivity index (χ2n) is 4.15. The van der Waals surface area contributed by atoms with Crippen molar-refractivity contribution in [1.82, 2.24) is 0 Å². The smallest absolute Gasteiger partial charge is 0.367 e. The number of nitrogens with zero attached hydrogens (tertiary/aromatic N) is 1. The van der Waals surface area contributed by atoms with E-state index >= 15 is 0 Å². The van der Waals surface area contributed by atoms with Crippen LogP contribution in [-0.2, 0) is 14.8 Å². The van der Waals surface area contributed by atoms with Gasteiger partial charge in [0.05, 0.1) is 11.7 Å². The molecular weight excluding hydrogens is 273 g/mol. The number of dihydropyridines is 1. The van der Waals surface area contributed by atoms with Gasteiger partial charge in [0.15, 0.2) is 5.37 Å². The second-order valence-corrected chi connectivity index (χ2v) is 5.81. The molecule has 2 atom stereocenters. The summed E-state index contributed by atoms with van der Waals surface area (Å²) in [6.45, 7) is 0. The summed E-state index contributed by atoms with van der Waals surface area (Å²) in [5, 5.41) is 3.15. The SMILES string of the molecule is NS(=O)(=O)C1N=CC=C(C(F)(F)F)C1OC1CC1. The molecule has 0 aromatic carbocycles. The van der Waals surface area contributed by atoms with Crippen LogP contribution in [0, 0.1) is 0 Å². The van der Waals surface area contributed by atoms with Gasteiger partial charge < -0.3 is 4.74 Å². The normalized spacial score (nSPS) is 29.2. The van der Waals surface area contributed by atoms with E-state index in [9.17, 15) is 21.6 Å². The van der Waals surface area contributed by atoms with Crippen molar-refractivity contribution >= 4 is 16.2 Å². The second kappa shape index (κ2) is 4.32. The first-order chi connectivity index (χ1) is 8.19. The third kappa shape index (κ3) is 2.90. The molecule has 1 aliphatic carbocycles. The van der Waals surface area contributed by atoms with E-state index in [-0.39, 0.29) is 6.10 Å². The summed E-state index contributed by atoms with van der Waals surface area (Å²) in [4.78, 5) is 3.49. The fraction of sp³-hybridized carbons (Fsp3) is 0.667. The summed E-state index contributed by atoms with van der Waals surface area (Å²) >= 11 is 0. The molecule has 5 nitrogen and oxygen atoms in total. The van der Waals surface area contributed by atoms with Crippen molar-refractivity contribution in [3.05, 3.63) is 11.6 Å². The van der Waals surface area contributed by atoms with E-state index < -0.39 is 33.3 Å². The molecule has 2 aliphatic rings. The van der Waals surface area contributed by atoms with Gasteiger partial charge >= 0.3 is 6.18 Å². The molecule has 18 heavy (non-hydrogen) atoms. The molecule has 0 saturated heterocycles. The Morgan fingerprint density at radius 3 is 2.44 bits per heavy atom. The number of allylic oxidation sites excluding steroid dienone is 1. The Kier molecular flexibility index (Phi) is 3.24. The molecule has 1 aliphatic heterocycles. The number of rotatable bonds is 3. The number of primary sulfonamides is 1. The van der Waals surface area contributed by atoms with Crippen molar-refractivity contribution in [3.63, 3.8) is 0 Å². The highest BCUT2D eigenvalue weighted by atomic mass is 32.2. The number of halogens is 3. The molecule has 1 saturated carbocycles. The third-order valence-corrected chi connectivity index (χ3v) is 3.62. The number of nitrogens with two attached hydrogens (primary N) is 1. The lowest BCUT2D eigenvalue weighted by atomic mass is 10.1. The molecule has 2 N–H and O–H groups in total. The summed E-state index contributed by atoms with van der Waals surface area (Å²) in [6.07, 6.45) is -3.96. The minimum absolute atomic E-state index is 0.349. The van der Waals surface area contributed by atoms with Crippen molar-refractivity contribution < 1.29 is 26.3 Å². The van der Waals surface area contributed by atoms with Crippen LogP contribution in [0.15, 0.2) is 16.6 Å². The Morgan fingerprint density at radius 2 is 2.00 bits per heavy atom. The predicted molar refractivity (Wildman–Crippen MR) is 57.4 cm³/mol. The zero-order valence-electron chi connectivity index (χ0n) is 9.09. The van der Waals surface area contributed by atoms with Gasteiger partial charge in [0.1, 0.15) is 6.10 Å². The Labute approximate surface area is 102 Å².